The number of H-pyrrole nitrogens is 2. The lowest BCUT2D eigenvalue weighted by Crippen LogP contribution is -1.86. The summed E-state index contributed by atoms with van der Waals surface area (Å²) in [6.45, 7) is 0. The molecule has 29 heavy (non-hydrogen) atoms. The van der Waals surface area contributed by atoms with Gasteiger partial charge in [-0.05, 0) is 35.7 Å². The summed E-state index contributed by atoms with van der Waals surface area (Å²) >= 11 is 1.72. The van der Waals surface area contributed by atoms with Gasteiger partial charge in [0.15, 0.2) is 0 Å². The van der Waals surface area contributed by atoms with Crippen LogP contribution in [0.1, 0.15) is 0 Å². The van der Waals surface area contributed by atoms with E-state index in [-0.39, 0.29) is 0 Å². The number of aromatic amines is 2. The SMILES string of the molecule is Cn1cc(-c2ccc3[nH]nc(-c4cc5c(-c6cccs6)ccnc5[nH]4)c3n2)cn1. The first kappa shape index (κ1) is 16.2. The molecule has 0 saturated carbocycles. The third-order valence-corrected chi connectivity index (χ3v) is 5.89. The molecule has 0 aliphatic rings. The van der Waals surface area contributed by atoms with Crippen LogP contribution in [0.15, 0.2) is 60.4 Å². The van der Waals surface area contributed by atoms with Crippen molar-refractivity contribution < 1.29 is 0 Å². The minimum Gasteiger partial charge on any atom is -0.338 e. The summed E-state index contributed by atoms with van der Waals surface area (Å²) < 4.78 is 1.77. The number of aryl methyl sites for hydroxylation is 1. The molecule has 0 radical (unpaired) electrons. The molecule has 6 rings (SSSR count). The molecule has 0 unspecified atom stereocenters. The molecule has 0 amide bonds. The van der Waals surface area contributed by atoms with Gasteiger partial charge in [0, 0.05) is 40.8 Å². The van der Waals surface area contributed by atoms with Gasteiger partial charge in [-0.1, -0.05) is 6.07 Å². The molecule has 0 aromatic carbocycles. The number of nitrogens with one attached hydrogen (secondary N) is 2. The van der Waals surface area contributed by atoms with Crippen LogP contribution in [0, 0.1) is 0 Å². The predicted octanol–water partition coefficient (Wildman–Crippen LogP) is 4.63. The number of fused-ring (bicyclic) bond motifs is 2. The molecule has 0 aliphatic carbocycles. The lowest BCUT2D eigenvalue weighted by Gasteiger charge is -1.98. The first-order valence-electron chi connectivity index (χ1n) is 9.12. The van der Waals surface area contributed by atoms with Gasteiger partial charge in [0.1, 0.15) is 16.9 Å². The molecule has 0 atom stereocenters. The van der Waals surface area contributed by atoms with Crippen LogP contribution in [0.3, 0.4) is 0 Å². The molecule has 6 aromatic rings. The van der Waals surface area contributed by atoms with Gasteiger partial charge in [-0.15, -0.1) is 11.3 Å². The summed E-state index contributed by atoms with van der Waals surface area (Å²) in [6, 6.07) is 12.3. The maximum Gasteiger partial charge on any atom is 0.138 e. The Morgan fingerprint density at radius 2 is 2.10 bits per heavy atom. The summed E-state index contributed by atoms with van der Waals surface area (Å²) in [4.78, 5) is 14.0. The highest BCUT2D eigenvalue weighted by atomic mass is 32.1. The van der Waals surface area contributed by atoms with Gasteiger partial charge in [-0.3, -0.25) is 9.78 Å². The smallest absolute Gasteiger partial charge is 0.138 e. The topological polar surface area (TPSA) is 88.1 Å². The van der Waals surface area contributed by atoms with Crippen LogP contribution >= 0.6 is 11.3 Å². The van der Waals surface area contributed by atoms with Crippen molar-refractivity contribution in [3.05, 3.63) is 60.4 Å². The van der Waals surface area contributed by atoms with Gasteiger partial charge >= 0.3 is 0 Å². The third-order valence-electron chi connectivity index (χ3n) is 4.98. The normalized spacial score (nSPS) is 11.6. The van der Waals surface area contributed by atoms with E-state index in [2.05, 4.69) is 48.8 Å². The molecular weight excluding hydrogens is 382 g/mol. The maximum atomic E-state index is 4.85. The number of thiophene rings is 1. The van der Waals surface area contributed by atoms with Crippen molar-refractivity contribution in [2.75, 3.05) is 0 Å². The largest absolute Gasteiger partial charge is 0.338 e. The van der Waals surface area contributed by atoms with Crippen LogP contribution in [-0.4, -0.2) is 34.9 Å². The van der Waals surface area contributed by atoms with E-state index in [9.17, 15) is 0 Å². The average molecular weight is 397 g/mol. The van der Waals surface area contributed by atoms with E-state index >= 15 is 0 Å². The molecule has 0 bridgehead atoms. The minimum atomic E-state index is 0.779. The maximum absolute atomic E-state index is 4.85. The van der Waals surface area contributed by atoms with E-state index in [1.54, 1.807) is 16.0 Å². The summed E-state index contributed by atoms with van der Waals surface area (Å²) in [7, 11) is 1.90. The molecule has 0 spiro atoms. The Hall–Kier alpha value is -3.78. The fourth-order valence-electron chi connectivity index (χ4n) is 3.60. The van der Waals surface area contributed by atoms with Crippen molar-refractivity contribution in [2.24, 2.45) is 7.05 Å². The predicted molar refractivity (Wildman–Crippen MR) is 114 cm³/mol. The van der Waals surface area contributed by atoms with Crippen LogP contribution in [0.25, 0.3) is 55.2 Å². The Morgan fingerprint density at radius 3 is 2.93 bits per heavy atom. The van der Waals surface area contributed by atoms with E-state index in [1.165, 1.54) is 4.88 Å². The van der Waals surface area contributed by atoms with Gasteiger partial charge in [0.2, 0.25) is 0 Å². The monoisotopic (exact) mass is 397 g/mol. The van der Waals surface area contributed by atoms with Crippen LogP contribution < -0.4 is 0 Å². The molecule has 6 aromatic heterocycles. The van der Waals surface area contributed by atoms with Gasteiger partial charge in [0.25, 0.3) is 0 Å². The van der Waals surface area contributed by atoms with Crippen molar-refractivity contribution in [1.82, 2.24) is 34.9 Å². The van der Waals surface area contributed by atoms with E-state index in [1.807, 2.05) is 43.8 Å². The molecular formula is C21H15N7S. The summed E-state index contributed by atoms with van der Waals surface area (Å²) in [5.41, 5.74) is 7.20. The van der Waals surface area contributed by atoms with Crippen molar-refractivity contribution >= 4 is 33.4 Å². The van der Waals surface area contributed by atoms with Gasteiger partial charge in [-0.25, -0.2) is 9.97 Å². The first-order chi connectivity index (χ1) is 14.3. The summed E-state index contributed by atoms with van der Waals surface area (Å²) in [5, 5.41) is 15.0. The van der Waals surface area contributed by atoms with E-state index < -0.39 is 0 Å². The Labute approximate surface area is 169 Å². The van der Waals surface area contributed by atoms with E-state index in [0.717, 1.165) is 50.3 Å². The number of nitrogens with zero attached hydrogens (tertiary/aromatic N) is 5. The Morgan fingerprint density at radius 1 is 1.14 bits per heavy atom. The molecule has 6 heterocycles. The second kappa shape index (κ2) is 6.11. The average Bonchev–Trinajstić information content (AvgIpc) is 3.51. The lowest BCUT2D eigenvalue weighted by molar-refractivity contribution is 0.768. The number of hydrogen-bond acceptors (Lipinski definition) is 5. The zero-order valence-electron chi connectivity index (χ0n) is 15.4. The molecule has 8 heteroatoms. The highest BCUT2D eigenvalue weighted by molar-refractivity contribution is 7.13. The number of hydrogen-bond donors (Lipinski definition) is 2. The molecule has 2 N–H and O–H groups in total. The van der Waals surface area contributed by atoms with Gasteiger partial charge in [0.05, 0.1) is 23.1 Å². The summed E-state index contributed by atoms with van der Waals surface area (Å²) in [6.07, 6.45) is 5.60. The highest BCUT2D eigenvalue weighted by Gasteiger charge is 2.16. The van der Waals surface area contributed by atoms with Crippen LogP contribution in [0.4, 0.5) is 0 Å². The van der Waals surface area contributed by atoms with Gasteiger partial charge < -0.3 is 4.98 Å². The Balaban J connectivity index is 1.53. The van der Waals surface area contributed by atoms with Gasteiger partial charge in [-0.2, -0.15) is 10.2 Å². The number of pyridine rings is 2. The quantitative estimate of drug-likeness (QED) is 0.456. The highest BCUT2D eigenvalue weighted by Crippen LogP contribution is 2.34. The van der Waals surface area contributed by atoms with Crippen molar-refractivity contribution in [3.8, 4) is 33.1 Å². The standard InChI is InChI=1S/C21H15N7S/c1-28-11-12(10-23-28)15-4-5-16-19(24-15)20(27-26-16)17-9-14-13(18-3-2-8-29-18)6-7-22-21(14)25-17/h2-11H,1H3,(H,22,25)(H,26,27). The zero-order valence-corrected chi connectivity index (χ0v) is 16.2. The van der Waals surface area contributed by atoms with Crippen molar-refractivity contribution in [3.63, 3.8) is 0 Å². The minimum absolute atomic E-state index is 0.779. The molecule has 0 saturated heterocycles. The lowest BCUT2D eigenvalue weighted by atomic mass is 10.1. The van der Waals surface area contributed by atoms with Crippen LogP contribution in [-0.2, 0) is 7.05 Å². The van der Waals surface area contributed by atoms with Crippen LogP contribution in [0.5, 0.6) is 0 Å². The van der Waals surface area contributed by atoms with Crippen molar-refractivity contribution in [1.29, 1.82) is 0 Å². The van der Waals surface area contributed by atoms with E-state index in [0.29, 0.717) is 0 Å². The molecule has 140 valence electrons. The second-order valence-corrected chi connectivity index (χ2v) is 7.80. The fourth-order valence-corrected chi connectivity index (χ4v) is 4.37. The Kier molecular flexibility index (Phi) is 3.41. The van der Waals surface area contributed by atoms with Crippen molar-refractivity contribution in [2.45, 2.75) is 0 Å². The fraction of sp³-hybridized carbons (Fsp3) is 0.0476. The Bertz CT molecular complexity index is 1470. The van der Waals surface area contributed by atoms with Crippen LogP contribution in [0.2, 0.25) is 0 Å². The third kappa shape index (κ3) is 2.57. The van der Waals surface area contributed by atoms with E-state index in [4.69, 9.17) is 4.98 Å². The molecule has 0 aliphatic heterocycles. The number of rotatable bonds is 3. The molecule has 7 nitrogen and oxygen atoms in total. The molecule has 0 fully saturated rings. The first-order valence-corrected chi connectivity index (χ1v) is 10.0. The second-order valence-electron chi connectivity index (χ2n) is 6.85. The zero-order chi connectivity index (χ0) is 19.4. The summed E-state index contributed by atoms with van der Waals surface area (Å²) in [5.74, 6) is 0. The number of aromatic nitrogens is 7.